The first kappa shape index (κ1) is 15.7. The van der Waals surface area contributed by atoms with Gasteiger partial charge in [0, 0.05) is 20.2 Å². The van der Waals surface area contributed by atoms with E-state index in [4.69, 9.17) is 4.74 Å². The van der Waals surface area contributed by atoms with Crippen LogP contribution in [-0.4, -0.2) is 32.9 Å². The number of rotatable bonds is 8. The summed E-state index contributed by atoms with van der Waals surface area (Å²) in [6.07, 6.45) is 4.05. The van der Waals surface area contributed by atoms with Crippen LogP contribution in [0.3, 0.4) is 0 Å². The van der Waals surface area contributed by atoms with Crippen LogP contribution in [0.2, 0.25) is 0 Å². The Kier molecular flexibility index (Phi) is 5.50. The quantitative estimate of drug-likeness (QED) is 0.758. The van der Waals surface area contributed by atoms with Gasteiger partial charge in [0.15, 0.2) is 11.5 Å². The van der Waals surface area contributed by atoms with Crippen molar-refractivity contribution < 1.29 is 4.74 Å². The van der Waals surface area contributed by atoms with E-state index >= 15 is 0 Å². The van der Waals surface area contributed by atoms with Crippen molar-refractivity contribution in [2.45, 2.75) is 40.2 Å². The topological polar surface area (TPSA) is 64.9 Å². The standard InChI is InChI=1S/C15H25N5O/c1-5-16-14-12-9-17-20(4)15(12)19-13(18-14)10-21-8-6-7-11(2)3/h9,11H,5-8,10H2,1-4H3,(H,16,18,19). The minimum absolute atomic E-state index is 0.442. The van der Waals surface area contributed by atoms with Gasteiger partial charge in [-0.05, 0) is 25.7 Å². The van der Waals surface area contributed by atoms with E-state index in [9.17, 15) is 0 Å². The SMILES string of the molecule is CCNc1nc(COCCCC(C)C)nc2c1cnn2C. The van der Waals surface area contributed by atoms with Gasteiger partial charge in [-0.25, -0.2) is 9.97 Å². The van der Waals surface area contributed by atoms with Gasteiger partial charge in [0.05, 0.1) is 11.6 Å². The molecule has 0 bridgehead atoms. The van der Waals surface area contributed by atoms with Gasteiger partial charge in [0.1, 0.15) is 12.4 Å². The van der Waals surface area contributed by atoms with Gasteiger partial charge in [-0.15, -0.1) is 0 Å². The third-order valence-electron chi connectivity index (χ3n) is 3.28. The molecule has 6 nitrogen and oxygen atoms in total. The van der Waals surface area contributed by atoms with Gasteiger partial charge >= 0.3 is 0 Å². The minimum Gasteiger partial charge on any atom is -0.373 e. The Balaban J connectivity index is 2.04. The summed E-state index contributed by atoms with van der Waals surface area (Å²) in [5.74, 6) is 2.25. The summed E-state index contributed by atoms with van der Waals surface area (Å²) < 4.78 is 7.45. The normalized spacial score (nSPS) is 11.5. The molecule has 0 aliphatic heterocycles. The van der Waals surface area contributed by atoms with E-state index in [0.717, 1.165) is 42.3 Å². The third kappa shape index (κ3) is 4.14. The molecule has 2 rings (SSSR count). The number of fused-ring (bicyclic) bond motifs is 1. The lowest BCUT2D eigenvalue weighted by molar-refractivity contribution is 0.110. The molecule has 0 unspecified atom stereocenters. The van der Waals surface area contributed by atoms with Crippen LogP contribution in [0.4, 0.5) is 5.82 Å². The Bertz CT molecular complexity index is 579. The van der Waals surface area contributed by atoms with E-state index in [1.807, 2.05) is 14.0 Å². The largest absolute Gasteiger partial charge is 0.373 e. The maximum Gasteiger partial charge on any atom is 0.163 e. The van der Waals surface area contributed by atoms with Crippen LogP contribution in [0.1, 0.15) is 39.4 Å². The third-order valence-corrected chi connectivity index (χ3v) is 3.28. The summed E-state index contributed by atoms with van der Waals surface area (Å²) in [5, 5.41) is 8.45. The number of nitrogens with one attached hydrogen (secondary N) is 1. The maximum absolute atomic E-state index is 5.69. The lowest BCUT2D eigenvalue weighted by atomic mass is 10.1. The molecule has 2 aromatic rings. The van der Waals surface area contributed by atoms with Crippen LogP contribution < -0.4 is 5.32 Å². The molecule has 21 heavy (non-hydrogen) atoms. The molecule has 0 radical (unpaired) electrons. The highest BCUT2D eigenvalue weighted by molar-refractivity contribution is 5.86. The van der Waals surface area contributed by atoms with Crippen LogP contribution >= 0.6 is 0 Å². The van der Waals surface area contributed by atoms with Crippen LogP contribution in [0, 0.1) is 5.92 Å². The Labute approximate surface area is 125 Å². The van der Waals surface area contributed by atoms with Crippen molar-refractivity contribution >= 4 is 16.9 Å². The number of anilines is 1. The molecule has 0 saturated heterocycles. The summed E-state index contributed by atoms with van der Waals surface area (Å²) in [7, 11) is 1.89. The predicted molar refractivity (Wildman–Crippen MR) is 84.2 cm³/mol. The zero-order valence-electron chi connectivity index (χ0n) is 13.4. The highest BCUT2D eigenvalue weighted by Crippen LogP contribution is 2.19. The van der Waals surface area contributed by atoms with Gasteiger partial charge < -0.3 is 10.1 Å². The van der Waals surface area contributed by atoms with Gasteiger partial charge in [-0.1, -0.05) is 13.8 Å². The molecular formula is C15H25N5O. The number of hydrogen-bond donors (Lipinski definition) is 1. The fourth-order valence-electron chi connectivity index (χ4n) is 2.19. The zero-order chi connectivity index (χ0) is 15.2. The van der Waals surface area contributed by atoms with Gasteiger partial charge in [-0.3, -0.25) is 4.68 Å². The number of hydrogen-bond acceptors (Lipinski definition) is 5. The van der Waals surface area contributed by atoms with Crippen molar-refractivity contribution in [3.05, 3.63) is 12.0 Å². The summed E-state index contributed by atoms with van der Waals surface area (Å²) in [6.45, 7) is 8.51. The van der Waals surface area contributed by atoms with E-state index in [-0.39, 0.29) is 0 Å². The molecule has 0 aliphatic rings. The van der Waals surface area contributed by atoms with Crippen LogP contribution in [0.15, 0.2) is 6.20 Å². The lowest BCUT2D eigenvalue weighted by Crippen LogP contribution is -2.07. The predicted octanol–water partition coefficient (Wildman–Crippen LogP) is 2.75. The Morgan fingerprint density at radius 2 is 2.14 bits per heavy atom. The first-order valence-corrected chi connectivity index (χ1v) is 7.62. The highest BCUT2D eigenvalue weighted by Gasteiger charge is 2.11. The number of nitrogens with zero attached hydrogens (tertiary/aromatic N) is 4. The second-order valence-corrected chi connectivity index (χ2v) is 5.61. The molecule has 6 heteroatoms. The number of ether oxygens (including phenoxy) is 1. The molecule has 116 valence electrons. The second kappa shape index (κ2) is 7.36. The van der Waals surface area contributed by atoms with Crippen LogP contribution in [0.25, 0.3) is 11.0 Å². The van der Waals surface area contributed by atoms with Crippen molar-refractivity contribution in [2.75, 3.05) is 18.5 Å². The molecule has 0 aliphatic carbocycles. The van der Waals surface area contributed by atoms with Crippen molar-refractivity contribution in [2.24, 2.45) is 13.0 Å². The van der Waals surface area contributed by atoms with Crippen molar-refractivity contribution in [1.29, 1.82) is 0 Å². The van der Waals surface area contributed by atoms with Gasteiger partial charge in [-0.2, -0.15) is 5.10 Å². The highest BCUT2D eigenvalue weighted by atomic mass is 16.5. The van der Waals surface area contributed by atoms with E-state index in [1.165, 1.54) is 6.42 Å². The molecule has 0 fully saturated rings. The fraction of sp³-hybridized carbons (Fsp3) is 0.667. The summed E-state index contributed by atoms with van der Waals surface area (Å²) >= 11 is 0. The average Bonchev–Trinajstić information content (AvgIpc) is 2.81. The van der Waals surface area contributed by atoms with Crippen molar-refractivity contribution in [1.82, 2.24) is 19.7 Å². The van der Waals surface area contributed by atoms with Gasteiger partial charge in [0.2, 0.25) is 0 Å². The summed E-state index contributed by atoms with van der Waals surface area (Å²) in [6, 6.07) is 0. The number of aryl methyl sites for hydroxylation is 1. The summed E-state index contributed by atoms with van der Waals surface area (Å²) in [4.78, 5) is 9.07. The van der Waals surface area contributed by atoms with E-state index in [2.05, 4.69) is 34.2 Å². The average molecular weight is 291 g/mol. The molecule has 2 heterocycles. The number of aromatic nitrogens is 4. The lowest BCUT2D eigenvalue weighted by Gasteiger charge is -2.08. The molecule has 1 N–H and O–H groups in total. The molecule has 0 amide bonds. The molecule has 0 spiro atoms. The van der Waals surface area contributed by atoms with E-state index in [1.54, 1.807) is 10.9 Å². The molecule has 0 saturated carbocycles. The molecule has 0 atom stereocenters. The fourth-order valence-corrected chi connectivity index (χ4v) is 2.19. The molecule has 2 aromatic heterocycles. The maximum atomic E-state index is 5.69. The van der Waals surface area contributed by atoms with E-state index in [0.29, 0.717) is 12.4 Å². The molecular weight excluding hydrogens is 266 g/mol. The minimum atomic E-state index is 0.442. The summed E-state index contributed by atoms with van der Waals surface area (Å²) in [5.41, 5.74) is 0.835. The second-order valence-electron chi connectivity index (χ2n) is 5.61. The first-order chi connectivity index (χ1) is 10.1. The van der Waals surface area contributed by atoms with Crippen LogP contribution in [-0.2, 0) is 18.4 Å². The Hall–Kier alpha value is -1.69. The Morgan fingerprint density at radius 3 is 2.86 bits per heavy atom. The van der Waals surface area contributed by atoms with Crippen LogP contribution in [0.5, 0.6) is 0 Å². The molecule has 0 aromatic carbocycles. The van der Waals surface area contributed by atoms with Gasteiger partial charge in [0.25, 0.3) is 0 Å². The van der Waals surface area contributed by atoms with Crippen molar-refractivity contribution in [3.63, 3.8) is 0 Å². The van der Waals surface area contributed by atoms with Crippen molar-refractivity contribution in [3.8, 4) is 0 Å². The Morgan fingerprint density at radius 1 is 1.33 bits per heavy atom. The smallest absolute Gasteiger partial charge is 0.163 e. The first-order valence-electron chi connectivity index (χ1n) is 7.62. The zero-order valence-corrected chi connectivity index (χ0v) is 13.4. The van der Waals surface area contributed by atoms with E-state index < -0.39 is 0 Å². The monoisotopic (exact) mass is 291 g/mol.